The number of allylic oxidation sites excluding steroid dienone is 2. The lowest BCUT2D eigenvalue weighted by Crippen LogP contribution is -2.67. The van der Waals surface area contributed by atoms with Gasteiger partial charge in [0.25, 0.3) is 0 Å². The van der Waals surface area contributed by atoms with E-state index in [0.717, 1.165) is 36.8 Å². The minimum Gasteiger partial charge on any atom is -0.454 e. The van der Waals surface area contributed by atoms with Gasteiger partial charge in [0.05, 0.1) is 11.1 Å². The average Bonchev–Trinajstić information content (AvgIpc) is 3.30. The van der Waals surface area contributed by atoms with Crippen molar-refractivity contribution in [2.24, 2.45) is 16.7 Å². The average molecular weight is 533 g/mol. The zero-order valence-electron chi connectivity index (χ0n) is 23.7. The molecule has 3 aromatic rings. The largest absolute Gasteiger partial charge is 0.454 e. The Morgan fingerprint density at radius 2 is 1.30 bits per heavy atom. The lowest BCUT2D eigenvalue weighted by atomic mass is 9.43. The zero-order valence-corrected chi connectivity index (χ0v) is 23.7. The predicted octanol–water partition coefficient (Wildman–Crippen LogP) is 7.62. The Labute approximate surface area is 236 Å². The van der Waals surface area contributed by atoms with Crippen LogP contribution >= 0.6 is 0 Å². The molecule has 0 saturated heterocycles. The first kappa shape index (κ1) is 25.3. The van der Waals surface area contributed by atoms with Crippen molar-refractivity contribution in [1.82, 2.24) is 0 Å². The summed E-state index contributed by atoms with van der Waals surface area (Å²) < 4.78 is 13.0. The van der Waals surface area contributed by atoms with Gasteiger partial charge in [-0.25, -0.2) is 9.59 Å². The highest BCUT2D eigenvalue weighted by atomic mass is 16.6. The van der Waals surface area contributed by atoms with E-state index in [-0.39, 0.29) is 34.6 Å². The maximum Gasteiger partial charge on any atom is 0.338 e. The number of ether oxygens (including phenoxy) is 2. The molecule has 0 aromatic heterocycles. The minimum atomic E-state index is -0.564. The molecule has 6 unspecified atom stereocenters. The fourth-order valence-electron chi connectivity index (χ4n) is 8.52. The predicted molar refractivity (Wildman–Crippen MR) is 155 cm³/mol. The Balaban J connectivity index is 1.35. The van der Waals surface area contributed by atoms with Crippen molar-refractivity contribution in [2.45, 2.75) is 71.5 Å². The van der Waals surface area contributed by atoms with Crippen molar-refractivity contribution < 1.29 is 19.1 Å². The molecule has 2 bridgehead atoms. The molecule has 0 amide bonds. The summed E-state index contributed by atoms with van der Waals surface area (Å²) in [7, 11) is 0. The van der Waals surface area contributed by atoms with Gasteiger partial charge in [-0.05, 0) is 86.1 Å². The van der Waals surface area contributed by atoms with Crippen molar-refractivity contribution in [3.8, 4) is 0 Å². The van der Waals surface area contributed by atoms with E-state index in [9.17, 15) is 9.59 Å². The van der Waals surface area contributed by atoms with Gasteiger partial charge in [0.2, 0.25) is 0 Å². The van der Waals surface area contributed by atoms with Crippen LogP contribution in [-0.4, -0.2) is 24.1 Å². The van der Waals surface area contributed by atoms with E-state index < -0.39 is 12.2 Å². The Hall–Kier alpha value is -3.66. The van der Waals surface area contributed by atoms with E-state index in [1.807, 2.05) is 50.2 Å². The summed E-state index contributed by atoms with van der Waals surface area (Å²) in [4.78, 5) is 27.4. The van der Waals surface area contributed by atoms with Gasteiger partial charge in [-0.2, -0.15) is 0 Å². The summed E-state index contributed by atoms with van der Waals surface area (Å²) in [5.41, 5.74) is 7.92. The molecule has 4 nitrogen and oxygen atoms in total. The number of fused-ring (bicyclic) bond motifs is 2. The monoisotopic (exact) mass is 532 g/mol. The van der Waals surface area contributed by atoms with Gasteiger partial charge in [0.15, 0.2) is 0 Å². The van der Waals surface area contributed by atoms with Crippen LogP contribution in [0.25, 0.3) is 5.57 Å². The Morgan fingerprint density at radius 1 is 0.750 bits per heavy atom. The van der Waals surface area contributed by atoms with E-state index in [1.54, 1.807) is 12.1 Å². The second-order valence-corrected chi connectivity index (χ2v) is 12.9. The standard InChI is InChI=1S/C36H36O4/c1-21-9-5-13-24(19-21)33(37)39-31-32(40-34(38)25-14-6-10-22(2)20-25)36(4)18-17-35(31,3)29-26-15-7-11-23-12-8-16-27(28(23)26)30(29)36/h5-7,9-11,13-16,19-20,29-32H,8,12,17-18H2,1-4H3. The van der Waals surface area contributed by atoms with Crippen LogP contribution in [-0.2, 0) is 15.9 Å². The maximum atomic E-state index is 13.7. The lowest BCUT2D eigenvalue weighted by Gasteiger charge is -2.64. The van der Waals surface area contributed by atoms with Crippen molar-refractivity contribution in [1.29, 1.82) is 0 Å². The van der Waals surface area contributed by atoms with Crippen molar-refractivity contribution in [2.75, 3.05) is 0 Å². The van der Waals surface area contributed by atoms with Crippen molar-refractivity contribution >= 4 is 17.5 Å². The number of benzene rings is 3. The number of hydrogen-bond acceptors (Lipinski definition) is 4. The molecule has 0 heterocycles. The lowest BCUT2D eigenvalue weighted by molar-refractivity contribution is -0.215. The van der Waals surface area contributed by atoms with Crippen LogP contribution in [0.15, 0.2) is 72.8 Å². The summed E-state index contributed by atoms with van der Waals surface area (Å²) in [5, 5.41) is 0. The third-order valence-electron chi connectivity index (χ3n) is 10.4. The fraction of sp³-hybridized carbons (Fsp3) is 0.389. The molecule has 4 heteroatoms. The van der Waals surface area contributed by atoms with Crippen LogP contribution in [0.1, 0.15) is 87.6 Å². The number of carbonyl (C=O) groups is 2. The molecule has 0 radical (unpaired) electrons. The molecule has 8 rings (SSSR count). The molecule has 3 saturated carbocycles. The SMILES string of the molecule is Cc1cccc(C(=O)OC2C(OC(=O)c3cccc(C)c3)C3(C)CCC2(C)C2C4=CCCc5cccc(c54)C23)c1. The van der Waals surface area contributed by atoms with Gasteiger partial charge in [0, 0.05) is 22.7 Å². The third-order valence-corrected chi connectivity index (χ3v) is 10.4. The van der Waals surface area contributed by atoms with Gasteiger partial charge in [0.1, 0.15) is 12.2 Å². The molecular weight excluding hydrogens is 496 g/mol. The third kappa shape index (κ3) is 3.57. The molecule has 6 atom stereocenters. The summed E-state index contributed by atoms with van der Waals surface area (Å²) in [6, 6.07) is 21.8. The summed E-state index contributed by atoms with van der Waals surface area (Å²) in [6.07, 6.45) is 5.21. The molecule has 5 aliphatic rings. The first-order chi connectivity index (χ1) is 19.2. The highest BCUT2D eigenvalue weighted by Gasteiger charge is 2.71. The van der Waals surface area contributed by atoms with Crippen LogP contribution in [0.2, 0.25) is 0 Å². The number of rotatable bonds is 4. The molecule has 40 heavy (non-hydrogen) atoms. The zero-order chi connectivity index (χ0) is 27.8. The van der Waals surface area contributed by atoms with E-state index in [1.165, 1.54) is 22.3 Å². The Morgan fingerprint density at radius 3 is 1.88 bits per heavy atom. The van der Waals surface area contributed by atoms with Crippen LogP contribution < -0.4 is 0 Å². The van der Waals surface area contributed by atoms with Gasteiger partial charge < -0.3 is 9.47 Å². The highest BCUT2D eigenvalue weighted by Crippen LogP contribution is 2.73. The van der Waals surface area contributed by atoms with Gasteiger partial charge in [-0.1, -0.05) is 73.5 Å². The van der Waals surface area contributed by atoms with Gasteiger partial charge in [-0.3, -0.25) is 0 Å². The number of hydrogen-bond donors (Lipinski definition) is 0. The van der Waals surface area contributed by atoms with E-state index in [0.29, 0.717) is 11.1 Å². The van der Waals surface area contributed by atoms with Crippen molar-refractivity contribution in [3.63, 3.8) is 0 Å². The topological polar surface area (TPSA) is 52.6 Å². The first-order valence-electron chi connectivity index (χ1n) is 14.6. The maximum absolute atomic E-state index is 13.7. The second kappa shape index (κ2) is 8.92. The van der Waals surface area contributed by atoms with Crippen LogP contribution in [0, 0.1) is 30.6 Å². The molecule has 204 valence electrons. The second-order valence-electron chi connectivity index (χ2n) is 12.9. The van der Waals surface area contributed by atoms with Crippen molar-refractivity contribution in [3.05, 3.63) is 112 Å². The summed E-state index contributed by atoms with van der Waals surface area (Å²) in [5.74, 6) is -0.291. The molecule has 0 spiro atoms. The van der Waals surface area contributed by atoms with Crippen LogP contribution in [0.5, 0.6) is 0 Å². The molecule has 3 fully saturated rings. The number of esters is 2. The molecule has 0 N–H and O–H groups in total. The first-order valence-corrected chi connectivity index (χ1v) is 14.6. The summed E-state index contributed by atoms with van der Waals surface area (Å²) >= 11 is 0. The molecule has 5 aliphatic carbocycles. The van der Waals surface area contributed by atoms with Crippen LogP contribution in [0.4, 0.5) is 0 Å². The quantitative estimate of drug-likeness (QED) is 0.324. The molecule has 0 aliphatic heterocycles. The smallest absolute Gasteiger partial charge is 0.338 e. The van der Waals surface area contributed by atoms with Crippen LogP contribution in [0.3, 0.4) is 0 Å². The molecule has 3 aromatic carbocycles. The number of carbonyl (C=O) groups excluding carboxylic acids is 2. The van der Waals surface area contributed by atoms with E-state index >= 15 is 0 Å². The van der Waals surface area contributed by atoms with Gasteiger partial charge in [-0.15, -0.1) is 0 Å². The Kier molecular flexibility index (Phi) is 5.65. The van der Waals surface area contributed by atoms with E-state index in [4.69, 9.17) is 9.47 Å². The normalized spacial score (nSPS) is 31.1. The van der Waals surface area contributed by atoms with Gasteiger partial charge >= 0.3 is 11.9 Å². The highest BCUT2D eigenvalue weighted by molar-refractivity contribution is 5.91. The Bertz CT molecular complexity index is 1580. The molecular formula is C36H36O4. The summed E-state index contributed by atoms with van der Waals surface area (Å²) in [6.45, 7) is 8.48. The fourth-order valence-corrected chi connectivity index (χ4v) is 8.52. The van der Waals surface area contributed by atoms with E-state index in [2.05, 4.69) is 38.1 Å². The minimum absolute atomic E-state index is 0.204. The number of aryl methyl sites for hydroxylation is 3.